The van der Waals surface area contributed by atoms with Gasteiger partial charge in [-0.15, -0.1) is 11.3 Å². The Morgan fingerprint density at radius 2 is 2.08 bits per heavy atom. The molecule has 0 radical (unpaired) electrons. The quantitative estimate of drug-likeness (QED) is 0.810. The number of nitrogens with zero attached hydrogens (tertiary/aromatic N) is 1. The number of rotatable bonds is 2. The average Bonchev–Trinajstić information content (AvgIpc) is 2.32. The average molecular weight is 210 g/mol. The minimum atomic E-state index is -4.33. The molecule has 13 heavy (non-hydrogen) atoms. The molecule has 0 aliphatic carbocycles. The van der Waals surface area contributed by atoms with E-state index < -0.39 is 11.2 Å². The van der Waals surface area contributed by atoms with Crippen LogP contribution in [-0.4, -0.2) is 11.5 Å². The molecule has 6 heteroatoms. The largest absolute Gasteiger partial charge is 0.443 e. The lowest BCUT2D eigenvalue weighted by Crippen LogP contribution is -2.03. The van der Waals surface area contributed by atoms with Crippen LogP contribution < -0.4 is 5.73 Å². The molecule has 1 aromatic heterocycles. The third-order valence-corrected chi connectivity index (χ3v) is 2.77. The Balaban J connectivity index is 2.95. The lowest BCUT2D eigenvalue weighted by atomic mass is 10.3. The first-order valence-corrected chi connectivity index (χ1v) is 4.50. The molecule has 2 nitrogen and oxygen atoms in total. The summed E-state index contributed by atoms with van der Waals surface area (Å²) >= 11 is 0.675. The van der Waals surface area contributed by atoms with E-state index in [0.29, 0.717) is 34.9 Å². The molecule has 0 aliphatic rings. The molecule has 1 aromatic rings. The van der Waals surface area contributed by atoms with Gasteiger partial charge in [-0.1, -0.05) is 0 Å². The second kappa shape index (κ2) is 3.63. The fourth-order valence-corrected chi connectivity index (χ4v) is 1.86. The molecule has 1 heterocycles. The summed E-state index contributed by atoms with van der Waals surface area (Å²) in [5, 5.41) is -0.784. The third-order valence-electron chi connectivity index (χ3n) is 1.51. The molecule has 0 fully saturated rings. The third kappa shape index (κ3) is 2.41. The molecule has 0 aromatic carbocycles. The van der Waals surface area contributed by atoms with Crippen LogP contribution in [0.25, 0.3) is 0 Å². The van der Waals surface area contributed by atoms with E-state index in [9.17, 15) is 13.2 Å². The Bertz CT molecular complexity index is 292. The summed E-state index contributed by atoms with van der Waals surface area (Å²) in [7, 11) is 0. The first-order chi connectivity index (χ1) is 5.95. The Labute approximate surface area is 77.6 Å². The second-order valence-electron chi connectivity index (χ2n) is 2.56. The molecule has 0 aliphatic heterocycles. The SMILES string of the molecule is Cc1nc(C(F)(F)F)sc1CCN. The van der Waals surface area contributed by atoms with E-state index in [4.69, 9.17) is 5.73 Å². The van der Waals surface area contributed by atoms with Crippen LogP contribution in [0, 0.1) is 6.92 Å². The Hall–Kier alpha value is -0.620. The van der Waals surface area contributed by atoms with E-state index in [1.165, 1.54) is 0 Å². The monoisotopic (exact) mass is 210 g/mol. The molecule has 0 saturated carbocycles. The summed E-state index contributed by atoms with van der Waals surface area (Å²) in [5.41, 5.74) is 5.68. The van der Waals surface area contributed by atoms with E-state index in [1.54, 1.807) is 6.92 Å². The van der Waals surface area contributed by atoms with Crippen LogP contribution in [0.1, 0.15) is 15.6 Å². The standard InChI is InChI=1S/C7H9F3N2S/c1-4-5(2-3-11)13-6(12-4)7(8,9)10/h2-3,11H2,1H3. The van der Waals surface area contributed by atoms with E-state index >= 15 is 0 Å². The van der Waals surface area contributed by atoms with Crippen LogP contribution in [0.2, 0.25) is 0 Å². The Morgan fingerprint density at radius 1 is 1.46 bits per heavy atom. The van der Waals surface area contributed by atoms with Gasteiger partial charge in [0.15, 0.2) is 5.01 Å². The lowest BCUT2D eigenvalue weighted by Gasteiger charge is -1.98. The molecule has 0 unspecified atom stereocenters. The molecule has 0 bridgehead atoms. The van der Waals surface area contributed by atoms with E-state index in [1.807, 2.05) is 0 Å². The van der Waals surface area contributed by atoms with Gasteiger partial charge in [0, 0.05) is 4.88 Å². The number of alkyl halides is 3. The molecule has 74 valence electrons. The first kappa shape index (κ1) is 10.5. The van der Waals surface area contributed by atoms with Crippen molar-refractivity contribution in [3.05, 3.63) is 15.6 Å². The van der Waals surface area contributed by atoms with Crippen molar-refractivity contribution in [2.45, 2.75) is 19.5 Å². The van der Waals surface area contributed by atoms with Crippen LogP contribution in [-0.2, 0) is 12.6 Å². The predicted octanol–water partition coefficient (Wildman–Crippen LogP) is 1.97. The van der Waals surface area contributed by atoms with Crippen molar-refractivity contribution >= 4 is 11.3 Å². The number of hydrogen-bond acceptors (Lipinski definition) is 3. The highest BCUT2D eigenvalue weighted by atomic mass is 32.1. The van der Waals surface area contributed by atoms with Crippen LogP contribution in [0.5, 0.6) is 0 Å². The van der Waals surface area contributed by atoms with E-state index in [-0.39, 0.29) is 0 Å². The van der Waals surface area contributed by atoms with Crippen molar-refractivity contribution in [1.29, 1.82) is 0 Å². The predicted molar refractivity (Wildman–Crippen MR) is 44.6 cm³/mol. The number of aromatic nitrogens is 1. The highest BCUT2D eigenvalue weighted by Crippen LogP contribution is 2.33. The van der Waals surface area contributed by atoms with Crippen LogP contribution in [0.3, 0.4) is 0 Å². The molecule has 1 rings (SSSR count). The van der Waals surface area contributed by atoms with Crippen molar-refractivity contribution in [3.63, 3.8) is 0 Å². The van der Waals surface area contributed by atoms with Gasteiger partial charge >= 0.3 is 6.18 Å². The highest BCUT2D eigenvalue weighted by Gasteiger charge is 2.35. The van der Waals surface area contributed by atoms with Gasteiger partial charge in [-0.2, -0.15) is 13.2 Å². The van der Waals surface area contributed by atoms with Gasteiger partial charge in [-0.3, -0.25) is 0 Å². The Morgan fingerprint density at radius 3 is 2.46 bits per heavy atom. The minimum absolute atomic E-state index is 0.348. The van der Waals surface area contributed by atoms with E-state index in [2.05, 4.69) is 4.98 Å². The zero-order valence-corrected chi connectivity index (χ0v) is 7.80. The van der Waals surface area contributed by atoms with Gasteiger partial charge in [0.05, 0.1) is 5.69 Å². The fraction of sp³-hybridized carbons (Fsp3) is 0.571. The van der Waals surface area contributed by atoms with Crippen molar-refractivity contribution in [2.75, 3.05) is 6.54 Å². The molecule has 0 saturated heterocycles. The number of thiazole rings is 1. The van der Waals surface area contributed by atoms with Gasteiger partial charge in [0.25, 0.3) is 0 Å². The molecular weight excluding hydrogens is 201 g/mol. The van der Waals surface area contributed by atoms with Gasteiger partial charge < -0.3 is 5.73 Å². The number of aryl methyl sites for hydroxylation is 1. The second-order valence-corrected chi connectivity index (χ2v) is 3.65. The smallest absolute Gasteiger partial charge is 0.330 e. The number of nitrogens with two attached hydrogens (primary N) is 1. The van der Waals surface area contributed by atoms with E-state index in [0.717, 1.165) is 0 Å². The summed E-state index contributed by atoms with van der Waals surface area (Å²) in [6.07, 6.45) is -3.87. The zero-order chi connectivity index (χ0) is 10.1. The van der Waals surface area contributed by atoms with Gasteiger partial charge in [0.2, 0.25) is 0 Å². The van der Waals surface area contributed by atoms with Crippen molar-refractivity contribution in [1.82, 2.24) is 4.98 Å². The minimum Gasteiger partial charge on any atom is -0.330 e. The maximum absolute atomic E-state index is 12.1. The van der Waals surface area contributed by atoms with Crippen LogP contribution >= 0.6 is 11.3 Å². The molecule has 0 atom stereocenters. The van der Waals surface area contributed by atoms with Crippen molar-refractivity contribution in [3.8, 4) is 0 Å². The molecule has 0 amide bonds. The maximum Gasteiger partial charge on any atom is 0.443 e. The van der Waals surface area contributed by atoms with Crippen molar-refractivity contribution in [2.24, 2.45) is 5.73 Å². The lowest BCUT2D eigenvalue weighted by molar-refractivity contribution is -0.137. The Kier molecular flexibility index (Phi) is 2.92. The first-order valence-electron chi connectivity index (χ1n) is 3.68. The van der Waals surface area contributed by atoms with Gasteiger partial charge in [0.1, 0.15) is 0 Å². The number of halogens is 3. The zero-order valence-electron chi connectivity index (χ0n) is 6.98. The van der Waals surface area contributed by atoms with Crippen molar-refractivity contribution < 1.29 is 13.2 Å². The van der Waals surface area contributed by atoms with Gasteiger partial charge in [-0.25, -0.2) is 4.98 Å². The highest BCUT2D eigenvalue weighted by molar-refractivity contribution is 7.11. The summed E-state index contributed by atoms with van der Waals surface area (Å²) in [6, 6.07) is 0. The molecule has 0 spiro atoms. The molecule has 2 N–H and O–H groups in total. The fourth-order valence-electron chi connectivity index (χ4n) is 0.912. The van der Waals surface area contributed by atoms with Crippen LogP contribution in [0.4, 0.5) is 13.2 Å². The topological polar surface area (TPSA) is 38.9 Å². The normalized spacial score (nSPS) is 12.1. The molecular formula is C7H9F3N2S. The maximum atomic E-state index is 12.1. The number of hydrogen-bond donors (Lipinski definition) is 1. The summed E-state index contributed by atoms with van der Waals surface area (Å²) in [4.78, 5) is 4.06. The van der Waals surface area contributed by atoms with Gasteiger partial charge in [-0.05, 0) is 19.9 Å². The summed E-state index contributed by atoms with van der Waals surface area (Å²) in [5.74, 6) is 0. The summed E-state index contributed by atoms with van der Waals surface area (Å²) < 4.78 is 36.4. The van der Waals surface area contributed by atoms with Crippen LogP contribution in [0.15, 0.2) is 0 Å². The summed E-state index contributed by atoms with van der Waals surface area (Å²) in [6.45, 7) is 1.91.